The second-order valence-electron chi connectivity index (χ2n) is 4.54. The number of hydrogen-bond acceptors (Lipinski definition) is 2. The molecule has 88 valence electrons. The average Bonchev–Trinajstić information content (AvgIpc) is 2.73. The Labute approximate surface area is 119 Å². The van der Waals surface area contributed by atoms with Crippen molar-refractivity contribution in [1.82, 2.24) is 0 Å². The van der Waals surface area contributed by atoms with Crippen molar-refractivity contribution in [3.63, 3.8) is 0 Å². The molecule has 0 saturated heterocycles. The zero-order chi connectivity index (χ0) is 11.8. The second-order valence-corrected chi connectivity index (χ2v) is 7.34. The molecule has 0 amide bonds. The van der Waals surface area contributed by atoms with Gasteiger partial charge in [-0.2, -0.15) is 0 Å². The summed E-state index contributed by atoms with van der Waals surface area (Å²) in [6, 6.07) is 10.6. The van der Waals surface area contributed by atoms with E-state index < -0.39 is 0 Å². The Morgan fingerprint density at radius 3 is 2.94 bits per heavy atom. The third-order valence-electron chi connectivity index (χ3n) is 3.44. The number of fused-ring (bicyclic) bond motifs is 1. The first-order valence-corrected chi connectivity index (χ1v) is 7.69. The smallest absolute Gasteiger partial charge is 0.0804 e. The number of halogens is 1. The molecule has 1 aliphatic rings. The molecular formula is C14H13IOS. The van der Waals surface area contributed by atoms with Gasteiger partial charge in [0.25, 0.3) is 0 Å². The Hall–Kier alpha value is -0.390. The average molecular weight is 356 g/mol. The number of rotatable bonds is 3. The summed E-state index contributed by atoms with van der Waals surface area (Å²) in [4.78, 5) is 0. The predicted molar refractivity (Wildman–Crippen MR) is 79.5 cm³/mol. The van der Waals surface area contributed by atoms with Crippen molar-refractivity contribution in [2.24, 2.45) is 0 Å². The lowest BCUT2D eigenvalue weighted by molar-refractivity contribution is 0.154. The zero-order valence-electron chi connectivity index (χ0n) is 9.27. The highest BCUT2D eigenvalue weighted by Crippen LogP contribution is 2.41. The van der Waals surface area contributed by atoms with Crippen molar-refractivity contribution in [3.05, 3.63) is 55.3 Å². The van der Waals surface area contributed by atoms with Crippen LogP contribution >= 0.6 is 33.9 Å². The molecule has 0 aliphatic heterocycles. The van der Waals surface area contributed by atoms with Crippen LogP contribution in [0.2, 0.25) is 0 Å². The van der Waals surface area contributed by atoms with Gasteiger partial charge in [0.15, 0.2) is 0 Å². The van der Waals surface area contributed by atoms with Crippen LogP contribution in [0.15, 0.2) is 35.7 Å². The Morgan fingerprint density at radius 1 is 1.41 bits per heavy atom. The minimum Gasteiger partial charge on any atom is -0.388 e. The van der Waals surface area contributed by atoms with Gasteiger partial charge in [-0.15, -0.1) is 11.3 Å². The molecule has 1 aromatic heterocycles. The standard InChI is InChI=1S/C14H13IOS/c15-14-7-11(8-17-14)13(16)6-10-5-9-3-1-2-4-12(9)10/h1-4,7-8,10,13,16H,5-6H2. The molecule has 0 radical (unpaired) electrons. The fourth-order valence-electron chi connectivity index (χ4n) is 2.48. The molecule has 3 heteroatoms. The highest BCUT2D eigenvalue weighted by atomic mass is 127. The van der Waals surface area contributed by atoms with Crippen LogP contribution in [0.3, 0.4) is 0 Å². The van der Waals surface area contributed by atoms with Crippen LogP contribution < -0.4 is 0 Å². The van der Waals surface area contributed by atoms with Gasteiger partial charge in [-0.05, 0) is 69.5 Å². The van der Waals surface area contributed by atoms with Gasteiger partial charge in [-0.1, -0.05) is 24.3 Å². The molecule has 1 heterocycles. The van der Waals surface area contributed by atoms with Crippen LogP contribution in [-0.4, -0.2) is 5.11 Å². The van der Waals surface area contributed by atoms with Gasteiger partial charge in [0, 0.05) is 0 Å². The van der Waals surface area contributed by atoms with Gasteiger partial charge in [0.05, 0.1) is 8.99 Å². The molecule has 1 N–H and O–H groups in total. The highest BCUT2D eigenvalue weighted by Gasteiger charge is 2.28. The maximum absolute atomic E-state index is 10.2. The summed E-state index contributed by atoms with van der Waals surface area (Å²) >= 11 is 4.00. The first kappa shape index (κ1) is 11.7. The van der Waals surface area contributed by atoms with Crippen molar-refractivity contribution in [1.29, 1.82) is 0 Å². The van der Waals surface area contributed by atoms with Crippen molar-refractivity contribution in [3.8, 4) is 0 Å². The minimum atomic E-state index is -0.312. The van der Waals surface area contributed by atoms with Crippen LogP contribution in [0.25, 0.3) is 0 Å². The molecule has 1 nitrogen and oxygen atoms in total. The number of aliphatic hydroxyl groups is 1. The predicted octanol–water partition coefficient (Wildman–Crippen LogP) is 4.12. The molecule has 2 aromatic rings. The maximum Gasteiger partial charge on any atom is 0.0804 e. The van der Waals surface area contributed by atoms with E-state index >= 15 is 0 Å². The van der Waals surface area contributed by atoms with Gasteiger partial charge >= 0.3 is 0 Å². The van der Waals surface area contributed by atoms with Crippen LogP contribution in [0, 0.1) is 2.88 Å². The van der Waals surface area contributed by atoms with Crippen molar-refractivity contribution in [2.45, 2.75) is 24.9 Å². The third kappa shape index (κ3) is 2.28. The van der Waals surface area contributed by atoms with Gasteiger partial charge in [-0.25, -0.2) is 0 Å². The van der Waals surface area contributed by atoms with Gasteiger partial charge in [-0.3, -0.25) is 0 Å². The summed E-state index contributed by atoms with van der Waals surface area (Å²) in [5, 5.41) is 12.3. The molecule has 0 fully saturated rings. The summed E-state index contributed by atoms with van der Waals surface area (Å²) in [5.41, 5.74) is 3.95. The lowest BCUT2D eigenvalue weighted by Crippen LogP contribution is -2.19. The minimum absolute atomic E-state index is 0.312. The van der Waals surface area contributed by atoms with E-state index in [9.17, 15) is 5.11 Å². The van der Waals surface area contributed by atoms with E-state index in [1.54, 1.807) is 11.3 Å². The van der Waals surface area contributed by atoms with Crippen LogP contribution in [0.4, 0.5) is 0 Å². The largest absolute Gasteiger partial charge is 0.388 e. The summed E-state index contributed by atoms with van der Waals surface area (Å²) in [5.74, 6) is 0.541. The molecule has 1 aromatic carbocycles. The third-order valence-corrected chi connectivity index (χ3v) is 5.25. The molecule has 0 saturated carbocycles. The van der Waals surface area contributed by atoms with Crippen LogP contribution in [-0.2, 0) is 6.42 Å². The molecule has 0 spiro atoms. The maximum atomic E-state index is 10.2. The monoisotopic (exact) mass is 356 g/mol. The topological polar surface area (TPSA) is 20.2 Å². The van der Waals surface area contributed by atoms with Crippen molar-refractivity contribution in [2.75, 3.05) is 0 Å². The van der Waals surface area contributed by atoms with E-state index in [1.807, 2.05) is 0 Å². The lowest BCUT2D eigenvalue weighted by Gasteiger charge is -2.31. The summed E-state index contributed by atoms with van der Waals surface area (Å²) in [6.45, 7) is 0. The molecular weight excluding hydrogens is 343 g/mol. The molecule has 1 aliphatic carbocycles. The first-order chi connectivity index (χ1) is 8.24. The van der Waals surface area contributed by atoms with Crippen molar-refractivity contribution >= 4 is 33.9 Å². The SMILES string of the molecule is OC(CC1Cc2ccccc21)c1csc(I)c1. The Morgan fingerprint density at radius 2 is 2.24 bits per heavy atom. The number of aliphatic hydroxyl groups excluding tert-OH is 1. The fourth-order valence-corrected chi connectivity index (χ4v) is 3.90. The normalized spacial score (nSPS) is 19.5. The van der Waals surface area contributed by atoms with E-state index in [4.69, 9.17) is 0 Å². The molecule has 3 rings (SSSR count). The van der Waals surface area contributed by atoms with Crippen LogP contribution in [0.1, 0.15) is 35.1 Å². The zero-order valence-corrected chi connectivity index (χ0v) is 12.2. The quantitative estimate of drug-likeness (QED) is 0.821. The Kier molecular flexibility index (Phi) is 3.23. The van der Waals surface area contributed by atoms with Gasteiger partial charge in [0.1, 0.15) is 0 Å². The van der Waals surface area contributed by atoms with E-state index in [-0.39, 0.29) is 6.10 Å². The van der Waals surface area contributed by atoms with E-state index in [2.05, 4.69) is 58.3 Å². The first-order valence-electron chi connectivity index (χ1n) is 5.74. The Balaban J connectivity index is 1.70. The molecule has 0 bridgehead atoms. The molecule has 2 unspecified atom stereocenters. The number of hydrogen-bond donors (Lipinski definition) is 1. The van der Waals surface area contributed by atoms with E-state index in [0.29, 0.717) is 5.92 Å². The van der Waals surface area contributed by atoms with Crippen LogP contribution in [0.5, 0.6) is 0 Å². The summed E-state index contributed by atoms with van der Waals surface area (Å²) in [7, 11) is 0. The fraction of sp³-hybridized carbons (Fsp3) is 0.286. The van der Waals surface area contributed by atoms with Gasteiger partial charge < -0.3 is 5.11 Å². The van der Waals surface area contributed by atoms with E-state index in [0.717, 1.165) is 18.4 Å². The summed E-state index contributed by atoms with van der Waals surface area (Å²) in [6.07, 6.45) is 1.66. The van der Waals surface area contributed by atoms with Gasteiger partial charge in [0.2, 0.25) is 0 Å². The Bertz CT molecular complexity index is 535. The van der Waals surface area contributed by atoms with Crippen molar-refractivity contribution < 1.29 is 5.11 Å². The number of benzene rings is 1. The summed E-state index contributed by atoms with van der Waals surface area (Å²) < 4.78 is 1.24. The van der Waals surface area contributed by atoms with E-state index in [1.165, 1.54) is 14.0 Å². The molecule has 17 heavy (non-hydrogen) atoms. The highest BCUT2D eigenvalue weighted by molar-refractivity contribution is 14.1. The lowest BCUT2D eigenvalue weighted by atomic mass is 9.74. The number of thiophene rings is 1. The second kappa shape index (κ2) is 4.71. The molecule has 2 atom stereocenters.